The number of rotatable bonds is 9. The lowest BCUT2D eigenvalue weighted by Crippen LogP contribution is -2.23. The van der Waals surface area contributed by atoms with Crippen molar-refractivity contribution in [2.45, 2.75) is 33.1 Å². The van der Waals surface area contributed by atoms with Gasteiger partial charge in [0.1, 0.15) is 11.3 Å². The molecule has 0 unspecified atom stereocenters. The number of benzene rings is 3. The van der Waals surface area contributed by atoms with E-state index in [-0.39, 0.29) is 46.9 Å². The number of ether oxygens (including phenoxy) is 2. The van der Waals surface area contributed by atoms with E-state index in [2.05, 4.69) is 0 Å². The molecule has 37 heavy (non-hydrogen) atoms. The van der Waals surface area contributed by atoms with Crippen molar-refractivity contribution in [1.82, 2.24) is 4.90 Å². The van der Waals surface area contributed by atoms with E-state index in [1.807, 2.05) is 42.2 Å². The molecule has 1 aromatic heterocycles. The van der Waals surface area contributed by atoms with Gasteiger partial charge in [-0.1, -0.05) is 49.4 Å². The van der Waals surface area contributed by atoms with Crippen LogP contribution in [-0.4, -0.2) is 23.2 Å². The highest BCUT2D eigenvalue weighted by atomic mass is 19.4. The molecule has 0 saturated carbocycles. The van der Waals surface area contributed by atoms with Crippen LogP contribution in [0.3, 0.4) is 0 Å². The molecule has 4 aromatic rings. The molecule has 194 valence electrons. The van der Waals surface area contributed by atoms with Crippen LogP contribution < -0.4 is 14.9 Å². The molecule has 0 fully saturated rings. The van der Waals surface area contributed by atoms with Crippen LogP contribution in [0.5, 0.6) is 23.0 Å². The second-order valence-corrected chi connectivity index (χ2v) is 8.30. The van der Waals surface area contributed by atoms with Crippen LogP contribution >= 0.6 is 0 Å². The van der Waals surface area contributed by atoms with E-state index in [4.69, 9.17) is 13.9 Å². The van der Waals surface area contributed by atoms with Gasteiger partial charge >= 0.3 is 6.18 Å². The van der Waals surface area contributed by atoms with Gasteiger partial charge < -0.3 is 19.0 Å². The Kier molecular flexibility index (Phi) is 7.73. The van der Waals surface area contributed by atoms with E-state index in [1.165, 1.54) is 24.3 Å². The maximum atomic E-state index is 14.1. The van der Waals surface area contributed by atoms with E-state index in [0.29, 0.717) is 13.1 Å². The van der Waals surface area contributed by atoms with Gasteiger partial charge in [-0.05, 0) is 43.3 Å². The van der Waals surface area contributed by atoms with Crippen molar-refractivity contribution in [1.29, 1.82) is 0 Å². The van der Waals surface area contributed by atoms with Gasteiger partial charge in [-0.15, -0.1) is 0 Å². The van der Waals surface area contributed by atoms with Crippen LogP contribution in [0.15, 0.2) is 75.9 Å². The predicted molar refractivity (Wildman–Crippen MR) is 133 cm³/mol. The second kappa shape index (κ2) is 11.0. The van der Waals surface area contributed by atoms with Crippen LogP contribution in [0.2, 0.25) is 0 Å². The van der Waals surface area contributed by atoms with Crippen LogP contribution in [0.1, 0.15) is 30.7 Å². The highest BCUT2D eigenvalue weighted by Crippen LogP contribution is 2.41. The summed E-state index contributed by atoms with van der Waals surface area (Å²) in [6.45, 7) is 4.94. The van der Waals surface area contributed by atoms with Crippen molar-refractivity contribution in [2.24, 2.45) is 0 Å². The van der Waals surface area contributed by atoms with E-state index in [1.54, 1.807) is 19.1 Å². The monoisotopic (exact) mass is 513 g/mol. The van der Waals surface area contributed by atoms with E-state index in [0.717, 1.165) is 5.56 Å². The molecule has 0 amide bonds. The van der Waals surface area contributed by atoms with Gasteiger partial charge in [0.05, 0.1) is 17.6 Å². The summed E-state index contributed by atoms with van der Waals surface area (Å²) in [5.41, 5.74) is -0.272. The minimum atomic E-state index is -5.04. The van der Waals surface area contributed by atoms with Crippen LogP contribution in [0, 0.1) is 0 Å². The standard InChI is InChI=1S/C28H26F3NO5/c1-3-32(16-18-10-6-5-7-11-18)17-20-21(33)15-14-19-24(34)26(27(28(29,30)31)37-25(19)20)36-23-13-9-8-12-22(23)35-4-2/h5-15,33H,3-4,16-17H2,1-2H3. The molecule has 0 radical (unpaired) electrons. The topological polar surface area (TPSA) is 72.1 Å². The highest BCUT2D eigenvalue weighted by Gasteiger charge is 2.41. The lowest BCUT2D eigenvalue weighted by Gasteiger charge is -2.22. The van der Waals surface area contributed by atoms with Crippen molar-refractivity contribution < 1.29 is 32.2 Å². The number of nitrogens with zero attached hydrogens (tertiary/aromatic N) is 1. The van der Waals surface area contributed by atoms with Crippen molar-refractivity contribution in [3.8, 4) is 23.0 Å². The number of phenols is 1. The number of phenolic OH excluding ortho intramolecular Hbond substituents is 1. The lowest BCUT2D eigenvalue weighted by atomic mass is 10.1. The number of hydrogen-bond donors (Lipinski definition) is 1. The third-order valence-corrected chi connectivity index (χ3v) is 5.79. The summed E-state index contributed by atoms with van der Waals surface area (Å²) in [6, 6.07) is 18.1. The summed E-state index contributed by atoms with van der Waals surface area (Å²) in [6.07, 6.45) is -5.04. The van der Waals surface area contributed by atoms with Gasteiger partial charge in [0.2, 0.25) is 11.2 Å². The second-order valence-electron chi connectivity index (χ2n) is 8.30. The first-order chi connectivity index (χ1) is 17.7. The van der Waals surface area contributed by atoms with Crippen molar-refractivity contribution >= 4 is 11.0 Å². The molecular formula is C28H26F3NO5. The molecule has 0 aliphatic rings. The predicted octanol–water partition coefficient (Wildman–Crippen LogP) is 6.73. The van der Waals surface area contributed by atoms with Gasteiger partial charge in [0.15, 0.2) is 11.5 Å². The smallest absolute Gasteiger partial charge is 0.453 e. The number of alkyl halides is 3. The Labute approximate surface area is 211 Å². The summed E-state index contributed by atoms with van der Waals surface area (Å²) in [5, 5.41) is 10.4. The number of hydrogen-bond acceptors (Lipinski definition) is 6. The SMILES string of the molecule is CCOc1ccccc1Oc1c(C(F)(F)F)oc2c(CN(CC)Cc3ccccc3)c(O)ccc2c1=O. The maximum Gasteiger partial charge on any atom is 0.453 e. The number of aromatic hydroxyl groups is 1. The Morgan fingerprint density at radius 1 is 0.919 bits per heavy atom. The van der Waals surface area contributed by atoms with Gasteiger partial charge in [-0.3, -0.25) is 9.69 Å². The normalized spacial score (nSPS) is 11.7. The molecule has 0 atom stereocenters. The molecule has 0 bridgehead atoms. The molecule has 0 spiro atoms. The van der Waals surface area contributed by atoms with Crippen LogP contribution in [0.25, 0.3) is 11.0 Å². The maximum absolute atomic E-state index is 14.1. The van der Waals surface area contributed by atoms with Crippen molar-refractivity contribution in [2.75, 3.05) is 13.2 Å². The lowest BCUT2D eigenvalue weighted by molar-refractivity contribution is -0.154. The molecule has 0 aliphatic carbocycles. The zero-order valence-electron chi connectivity index (χ0n) is 20.3. The van der Waals surface area contributed by atoms with Gasteiger partial charge in [0, 0.05) is 13.1 Å². The van der Waals surface area contributed by atoms with E-state index >= 15 is 0 Å². The average Bonchev–Trinajstić information content (AvgIpc) is 2.87. The van der Waals surface area contributed by atoms with Crippen LogP contribution in [0.4, 0.5) is 13.2 Å². The fourth-order valence-electron chi connectivity index (χ4n) is 3.98. The van der Waals surface area contributed by atoms with Gasteiger partial charge in [0.25, 0.3) is 5.76 Å². The Hall–Kier alpha value is -3.98. The summed E-state index contributed by atoms with van der Waals surface area (Å²) >= 11 is 0. The zero-order chi connectivity index (χ0) is 26.6. The van der Waals surface area contributed by atoms with E-state index < -0.39 is 23.1 Å². The Balaban J connectivity index is 1.83. The Morgan fingerprint density at radius 2 is 1.59 bits per heavy atom. The fourth-order valence-corrected chi connectivity index (χ4v) is 3.98. The molecule has 9 heteroatoms. The van der Waals surface area contributed by atoms with Crippen molar-refractivity contribution in [3.63, 3.8) is 0 Å². The number of para-hydroxylation sites is 2. The summed E-state index contributed by atoms with van der Waals surface area (Å²) in [5.74, 6) is -2.73. The molecule has 1 heterocycles. The quantitative estimate of drug-likeness (QED) is 0.268. The number of fused-ring (bicyclic) bond motifs is 1. The first-order valence-electron chi connectivity index (χ1n) is 11.8. The van der Waals surface area contributed by atoms with Crippen molar-refractivity contribution in [3.05, 3.63) is 93.8 Å². The van der Waals surface area contributed by atoms with Crippen LogP contribution in [-0.2, 0) is 19.3 Å². The average molecular weight is 514 g/mol. The summed E-state index contributed by atoms with van der Waals surface area (Å²) < 4.78 is 58.7. The third-order valence-electron chi connectivity index (χ3n) is 5.79. The zero-order valence-corrected chi connectivity index (χ0v) is 20.3. The van der Waals surface area contributed by atoms with E-state index in [9.17, 15) is 23.1 Å². The highest BCUT2D eigenvalue weighted by molar-refractivity contribution is 5.83. The molecule has 3 aromatic carbocycles. The molecule has 4 rings (SSSR count). The largest absolute Gasteiger partial charge is 0.507 e. The molecule has 1 N–H and O–H groups in total. The molecular weight excluding hydrogens is 487 g/mol. The first kappa shape index (κ1) is 26.1. The molecule has 0 aliphatic heterocycles. The first-order valence-corrected chi connectivity index (χ1v) is 11.8. The van der Waals surface area contributed by atoms with Gasteiger partial charge in [-0.25, -0.2) is 0 Å². The molecule has 0 saturated heterocycles. The fraction of sp³-hybridized carbons (Fsp3) is 0.250. The minimum Gasteiger partial charge on any atom is -0.507 e. The molecule has 6 nitrogen and oxygen atoms in total. The van der Waals surface area contributed by atoms with Gasteiger partial charge in [-0.2, -0.15) is 13.2 Å². The third kappa shape index (κ3) is 5.72. The Morgan fingerprint density at radius 3 is 2.24 bits per heavy atom. The summed E-state index contributed by atoms with van der Waals surface area (Å²) in [7, 11) is 0. The number of halogens is 3. The summed E-state index contributed by atoms with van der Waals surface area (Å²) in [4.78, 5) is 15.3. The minimum absolute atomic E-state index is 0.0551. The Bertz CT molecular complexity index is 1430.